The molecule has 0 saturated carbocycles. The molecule has 0 fully saturated rings. The Morgan fingerprint density at radius 2 is 1.76 bits per heavy atom. The number of anilines is 2. The van der Waals surface area contributed by atoms with Crippen LogP contribution < -0.4 is 14.4 Å². The lowest BCUT2D eigenvalue weighted by Crippen LogP contribution is -2.38. The van der Waals surface area contributed by atoms with Gasteiger partial charge in [0.2, 0.25) is 5.91 Å². The summed E-state index contributed by atoms with van der Waals surface area (Å²) in [5.74, 6) is 0.103. The average Bonchev–Trinajstić information content (AvgIpc) is 2.73. The molecule has 1 amide bonds. The van der Waals surface area contributed by atoms with E-state index in [2.05, 4.69) is 10.3 Å². The number of aromatic nitrogens is 1. The molecule has 0 unspecified atom stereocenters. The van der Waals surface area contributed by atoms with Crippen molar-refractivity contribution in [3.8, 4) is 5.75 Å². The first-order chi connectivity index (χ1) is 13.9. The van der Waals surface area contributed by atoms with E-state index in [1.54, 1.807) is 54.7 Å². The van der Waals surface area contributed by atoms with Gasteiger partial charge in [-0.05, 0) is 55.5 Å². The third kappa shape index (κ3) is 4.91. The number of nitrogens with zero attached hydrogens (tertiary/aromatic N) is 2. The second-order valence-corrected chi connectivity index (χ2v) is 8.17. The normalized spacial score (nSPS) is 11.0. The van der Waals surface area contributed by atoms with E-state index in [4.69, 9.17) is 4.74 Å². The monoisotopic (exact) mass is 411 g/mol. The Morgan fingerprint density at radius 3 is 2.34 bits per heavy atom. The minimum atomic E-state index is -3.96. The van der Waals surface area contributed by atoms with Crippen LogP contribution in [0.25, 0.3) is 0 Å². The minimum Gasteiger partial charge on any atom is -0.497 e. The van der Waals surface area contributed by atoms with Gasteiger partial charge in [-0.1, -0.05) is 17.7 Å². The Balaban J connectivity index is 1.94. The molecule has 7 nitrogen and oxygen atoms in total. The van der Waals surface area contributed by atoms with Crippen molar-refractivity contribution in [3.63, 3.8) is 0 Å². The number of carbonyl (C=O) groups is 1. The van der Waals surface area contributed by atoms with Crippen LogP contribution in [0.4, 0.5) is 11.4 Å². The first kappa shape index (κ1) is 20.3. The third-order valence-electron chi connectivity index (χ3n) is 4.20. The van der Waals surface area contributed by atoms with E-state index in [0.29, 0.717) is 17.1 Å². The highest BCUT2D eigenvalue weighted by atomic mass is 32.2. The van der Waals surface area contributed by atoms with Crippen LogP contribution in [0.5, 0.6) is 5.75 Å². The molecule has 8 heteroatoms. The smallest absolute Gasteiger partial charge is 0.264 e. The van der Waals surface area contributed by atoms with Crippen molar-refractivity contribution in [3.05, 3.63) is 78.6 Å². The number of carbonyl (C=O) groups excluding carboxylic acids is 1. The summed E-state index contributed by atoms with van der Waals surface area (Å²) in [6.07, 6.45) is 3.07. The third-order valence-corrected chi connectivity index (χ3v) is 5.99. The van der Waals surface area contributed by atoms with E-state index in [1.807, 2.05) is 6.92 Å². The molecular formula is C21H21N3O4S. The van der Waals surface area contributed by atoms with Crippen LogP contribution in [0, 0.1) is 6.92 Å². The van der Waals surface area contributed by atoms with Gasteiger partial charge in [0, 0.05) is 6.20 Å². The maximum atomic E-state index is 13.3. The van der Waals surface area contributed by atoms with E-state index in [1.165, 1.54) is 25.4 Å². The number of nitrogens with one attached hydrogen (secondary N) is 1. The highest BCUT2D eigenvalue weighted by molar-refractivity contribution is 7.92. The Hall–Kier alpha value is -3.39. The summed E-state index contributed by atoms with van der Waals surface area (Å²) in [4.78, 5) is 16.6. The first-order valence-electron chi connectivity index (χ1n) is 8.83. The van der Waals surface area contributed by atoms with Crippen LogP contribution in [0.15, 0.2) is 78.0 Å². The number of pyridine rings is 1. The predicted octanol–water partition coefficient (Wildman–Crippen LogP) is 3.23. The topological polar surface area (TPSA) is 88.6 Å². The Kier molecular flexibility index (Phi) is 6.13. The molecule has 3 aromatic rings. The van der Waals surface area contributed by atoms with Gasteiger partial charge in [0.05, 0.1) is 29.6 Å². The summed E-state index contributed by atoms with van der Waals surface area (Å²) in [5, 5.41) is 2.67. The number of amides is 1. The lowest BCUT2D eigenvalue weighted by Gasteiger charge is -2.24. The highest BCUT2D eigenvalue weighted by Crippen LogP contribution is 2.26. The maximum Gasteiger partial charge on any atom is 0.264 e. The molecule has 0 bridgehead atoms. The maximum absolute atomic E-state index is 13.3. The zero-order valence-corrected chi connectivity index (χ0v) is 16.9. The Labute approximate surface area is 170 Å². The van der Waals surface area contributed by atoms with Gasteiger partial charge in [-0.3, -0.25) is 14.1 Å². The molecule has 2 aromatic carbocycles. The molecule has 150 valence electrons. The molecule has 0 atom stereocenters. The molecule has 0 saturated heterocycles. The molecule has 1 N–H and O–H groups in total. The summed E-state index contributed by atoms with van der Waals surface area (Å²) in [5.41, 5.74) is 1.78. The van der Waals surface area contributed by atoms with Gasteiger partial charge < -0.3 is 10.1 Å². The van der Waals surface area contributed by atoms with Crippen LogP contribution in [0.2, 0.25) is 0 Å². The summed E-state index contributed by atoms with van der Waals surface area (Å²) in [6.45, 7) is 1.48. The van der Waals surface area contributed by atoms with Crippen molar-refractivity contribution in [2.75, 3.05) is 23.3 Å². The lowest BCUT2D eigenvalue weighted by molar-refractivity contribution is -0.114. The average molecular weight is 411 g/mol. The van der Waals surface area contributed by atoms with Crippen molar-refractivity contribution in [1.82, 2.24) is 4.98 Å². The van der Waals surface area contributed by atoms with Crippen molar-refractivity contribution >= 4 is 27.3 Å². The van der Waals surface area contributed by atoms with Crippen LogP contribution in [-0.4, -0.2) is 33.0 Å². The predicted molar refractivity (Wildman–Crippen MR) is 112 cm³/mol. The second-order valence-electron chi connectivity index (χ2n) is 6.31. The van der Waals surface area contributed by atoms with Crippen molar-refractivity contribution in [2.45, 2.75) is 11.8 Å². The molecule has 29 heavy (non-hydrogen) atoms. The van der Waals surface area contributed by atoms with E-state index < -0.39 is 22.5 Å². The summed E-state index contributed by atoms with van der Waals surface area (Å²) in [6, 6.07) is 16.3. The van der Waals surface area contributed by atoms with E-state index in [0.717, 1.165) is 9.87 Å². The number of methoxy groups -OCH3 is 1. The number of benzene rings is 2. The van der Waals surface area contributed by atoms with Crippen molar-refractivity contribution < 1.29 is 17.9 Å². The molecule has 0 spiro atoms. The van der Waals surface area contributed by atoms with Gasteiger partial charge in [0.1, 0.15) is 12.3 Å². The molecule has 1 aromatic heterocycles. The number of ether oxygens (including phenoxy) is 1. The molecule has 0 aliphatic carbocycles. The van der Waals surface area contributed by atoms with Gasteiger partial charge in [0.15, 0.2) is 0 Å². The standard InChI is InChI=1S/C21H21N3O4S/c1-16-5-11-20(12-6-16)29(26,27)24(18-7-9-19(28-2)10-8-18)15-21(25)23-17-4-3-13-22-14-17/h3-14H,15H2,1-2H3,(H,23,25). The van der Waals surface area contributed by atoms with Crippen LogP contribution >= 0.6 is 0 Å². The first-order valence-corrected chi connectivity index (χ1v) is 10.3. The molecule has 0 aliphatic heterocycles. The van der Waals surface area contributed by atoms with Gasteiger partial charge in [0.25, 0.3) is 10.0 Å². The zero-order valence-electron chi connectivity index (χ0n) is 16.1. The fraction of sp³-hybridized carbons (Fsp3) is 0.143. The van der Waals surface area contributed by atoms with Gasteiger partial charge in [-0.2, -0.15) is 0 Å². The molecule has 3 rings (SSSR count). The van der Waals surface area contributed by atoms with Crippen molar-refractivity contribution in [1.29, 1.82) is 0 Å². The van der Waals surface area contributed by atoms with E-state index >= 15 is 0 Å². The van der Waals surface area contributed by atoms with Gasteiger partial charge >= 0.3 is 0 Å². The number of rotatable bonds is 7. The fourth-order valence-electron chi connectivity index (χ4n) is 2.67. The minimum absolute atomic E-state index is 0.105. The number of aryl methyl sites for hydroxylation is 1. The highest BCUT2D eigenvalue weighted by Gasteiger charge is 2.27. The number of hydrogen-bond acceptors (Lipinski definition) is 5. The van der Waals surface area contributed by atoms with Crippen molar-refractivity contribution in [2.24, 2.45) is 0 Å². The van der Waals surface area contributed by atoms with Gasteiger partial charge in [-0.15, -0.1) is 0 Å². The molecule has 1 heterocycles. The van der Waals surface area contributed by atoms with Crippen LogP contribution in [-0.2, 0) is 14.8 Å². The summed E-state index contributed by atoms with van der Waals surface area (Å²) < 4.78 is 32.8. The number of sulfonamides is 1. The van der Waals surface area contributed by atoms with E-state index in [-0.39, 0.29) is 4.90 Å². The summed E-state index contributed by atoms with van der Waals surface area (Å²) >= 11 is 0. The summed E-state index contributed by atoms with van der Waals surface area (Å²) in [7, 11) is -2.44. The molecule has 0 aliphatic rings. The van der Waals surface area contributed by atoms with Gasteiger partial charge in [-0.25, -0.2) is 8.42 Å². The number of hydrogen-bond donors (Lipinski definition) is 1. The SMILES string of the molecule is COc1ccc(N(CC(=O)Nc2cccnc2)S(=O)(=O)c2ccc(C)cc2)cc1. The Bertz CT molecular complexity index is 1070. The van der Waals surface area contributed by atoms with Crippen LogP contribution in [0.1, 0.15) is 5.56 Å². The van der Waals surface area contributed by atoms with E-state index in [9.17, 15) is 13.2 Å². The Morgan fingerprint density at radius 1 is 1.07 bits per heavy atom. The lowest BCUT2D eigenvalue weighted by atomic mass is 10.2. The largest absolute Gasteiger partial charge is 0.497 e. The fourth-order valence-corrected chi connectivity index (χ4v) is 4.09. The van der Waals surface area contributed by atoms with Crippen LogP contribution in [0.3, 0.4) is 0 Å². The molecule has 0 radical (unpaired) electrons. The molecular weight excluding hydrogens is 390 g/mol. The second kappa shape index (κ2) is 8.74. The quantitative estimate of drug-likeness (QED) is 0.645. The zero-order chi connectivity index (χ0) is 20.9.